The van der Waals surface area contributed by atoms with Crippen LogP contribution in [0.4, 0.5) is 5.69 Å². The summed E-state index contributed by atoms with van der Waals surface area (Å²) in [5.74, 6) is 0.995. The number of nitro groups is 1. The van der Waals surface area contributed by atoms with Gasteiger partial charge in [0.1, 0.15) is 19.0 Å². The van der Waals surface area contributed by atoms with Gasteiger partial charge < -0.3 is 9.47 Å². The SMILES string of the molecule is O=[N+]([O-])c1ccccc1OCCOc1ccc2ccccc2c1. The highest BCUT2D eigenvalue weighted by molar-refractivity contribution is 5.83. The number of ether oxygens (including phenoxy) is 2. The molecule has 0 saturated heterocycles. The first-order chi connectivity index (χ1) is 11.2. The number of para-hydroxylation sites is 2. The normalized spacial score (nSPS) is 10.4. The maximum absolute atomic E-state index is 10.9. The van der Waals surface area contributed by atoms with Gasteiger partial charge in [0.15, 0.2) is 5.75 Å². The third-order valence-electron chi connectivity index (χ3n) is 3.39. The van der Waals surface area contributed by atoms with Crippen LogP contribution < -0.4 is 9.47 Å². The van der Waals surface area contributed by atoms with Gasteiger partial charge in [0.05, 0.1) is 4.92 Å². The van der Waals surface area contributed by atoms with Gasteiger partial charge in [-0.1, -0.05) is 42.5 Å². The molecule has 0 amide bonds. The molecule has 0 heterocycles. The standard InChI is InChI=1S/C18H15NO4/c20-19(21)17-7-3-4-8-18(17)23-12-11-22-16-10-9-14-5-1-2-6-15(14)13-16/h1-10,13H,11-12H2. The molecule has 5 heteroatoms. The number of nitrogens with zero attached hydrogens (tertiary/aromatic N) is 1. The van der Waals surface area contributed by atoms with Crippen LogP contribution in [0.1, 0.15) is 0 Å². The Balaban J connectivity index is 1.58. The molecule has 0 aromatic heterocycles. The molecule has 0 saturated carbocycles. The van der Waals surface area contributed by atoms with Crippen LogP contribution in [-0.2, 0) is 0 Å². The highest BCUT2D eigenvalue weighted by atomic mass is 16.6. The van der Waals surface area contributed by atoms with E-state index in [2.05, 4.69) is 0 Å². The van der Waals surface area contributed by atoms with E-state index in [1.54, 1.807) is 18.2 Å². The third-order valence-corrected chi connectivity index (χ3v) is 3.39. The Hall–Kier alpha value is -3.08. The third kappa shape index (κ3) is 3.58. The molecule has 5 nitrogen and oxygen atoms in total. The molecule has 0 fully saturated rings. The Morgan fingerprint density at radius 1 is 0.826 bits per heavy atom. The number of rotatable bonds is 6. The van der Waals surface area contributed by atoms with Crippen molar-refractivity contribution in [2.75, 3.05) is 13.2 Å². The topological polar surface area (TPSA) is 61.6 Å². The van der Waals surface area contributed by atoms with E-state index in [0.717, 1.165) is 16.5 Å². The first-order valence-electron chi connectivity index (χ1n) is 7.22. The molecule has 0 spiro atoms. The van der Waals surface area contributed by atoms with Crippen LogP contribution in [0.3, 0.4) is 0 Å². The summed E-state index contributed by atoms with van der Waals surface area (Å²) >= 11 is 0. The Labute approximate surface area is 133 Å². The van der Waals surface area contributed by atoms with Crippen LogP contribution in [0.2, 0.25) is 0 Å². The fraction of sp³-hybridized carbons (Fsp3) is 0.111. The van der Waals surface area contributed by atoms with Crippen LogP contribution in [0.25, 0.3) is 10.8 Å². The molecule has 0 radical (unpaired) electrons. The Bertz CT molecular complexity index is 832. The second kappa shape index (κ2) is 6.79. The lowest BCUT2D eigenvalue weighted by Gasteiger charge is -2.09. The Morgan fingerprint density at radius 3 is 2.35 bits per heavy atom. The molecule has 3 aromatic carbocycles. The summed E-state index contributed by atoms with van der Waals surface area (Å²) in [6.07, 6.45) is 0. The van der Waals surface area contributed by atoms with Crippen LogP contribution >= 0.6 is 0 Å². The van der Waals surface area contributed by atoms with Crippen molar-refractivity contribution in [2.24, 2.45) is 0 Å². The molecule has 0 bridgehead atoms. The van der Waals surface area contributed by atoms with E-state index >= 15 is 0 Å². The number of hydrogen-bond acceptors (Lipinski definition) is 4. The minimum Gasteiger partial charge on any atom is -0.490 e. The van der Waals surface area contributed by atoms with Crippen LogP contribution in [0.15, 0.2) is 66.7 Å². The fourth-order valence-corrected chi connectivity index (χ4v) is 2.30. The lowest BCUT2D eigenvalue weighted by Crippen LogP contribution is -2.09. The largest absolute Gasteiger partial charge is 0.490 e. The smallest absolute Gasteiger partial charge is 0.310 e. The number of hydrogen-bond donors (Lipinski definition) is 0. The zero-order chi connectivity index (χ0) is 16.1. The first kappa shape index (κ1) is 14.8. The zero-order valence-corrected chi connectivity index (χ0v) is 12.3. The van der Waals surface area contributed by atoms with Crippen molar-refractivity contribution in [1.29, 1.82) is 0 Å². The molecule has 3 aromatic rings. The van der Waals surface area contributed by atoms with Gasteiger partial charge in [-0.15, -0.1) is 0 Å². The minimum atomic E-state index is -0.459. The van der Waals surface area contributed by atoms with Gasteiger partial charge >= 0.3 is 5.69 Å². The molecule has 0 N–H and O–H groups in total. The molecular weight excluding hydrogens is 294 g/mol. The molecule has 23 heavy (non-hydrogen) atoms. The monoisotopic (exact) mass is 309 g/mol. The zero-order valence-electron chi connectivity index (χ0n) is 12.3. The number of benzene rings is 3. The van der Waals surface area contributed by atoms with Crippen LogP contribution in [0, 0.1) is 10.1 Å². The predicted molar refractivity (Wildman–Crippen MR) is 88.0 cm³/mol. The van der Waals surface area contributed by atoms with Crippen molar-refractivity contribution in [2.45, 2.75) is 0 Å². The highest BCUT2D eigenvalue weighted by Gasteiger charge is 2.13. The number of fused-ring (bicyclic) bond motifs is 1. The molecule has 0 aliphatic carbocycles. The minimum absolute atomic E-state index is 0.0433. The van der Waals surface area contributed by atoms with Gasteiger partial charge in [-0.25, -0.2) is 0 Å². The second-order valence-corrected chi connectivity index (χ2v) is 4.93. The molecule has 0 atom stereocenters. The summed E-state index contributed by atoms with van der Waals surface area (Å²) in [4.78, 5) is 10.4. The molecule has 116 valence electrons. The average molecular weight is 309 g/mol. The van der Waals surface area contributed by atoms with Gasteiger partial charge in [-0.3, -0.25) is 10.1 Å². The molecule has 0 unspecified atom stereocenters. The Kier molecular flexibility index (Phi) is 4.38. The quantitative estimate of drug-likeness (QED) is 0.389. The summed E-state index contributed by atoms with van der Waals surface area (Å²) in [6.45, 7) is 0.544. The lowest BCUT2D eigenvalue weighted by molar-refractivity contribution is -0.385. The predicted octanol–water partition coefficient (Wildman–Crippen LogP) is 4.21. The molecule has 0 aliphatic rings. The summed E-state index contributed by atoms with van der Waals surface area (Å²) in [7, 11) is 0. The number of nitro benzene ring substituents is 1. The van der Waals surface area contributed by atoms with Crippen LogP contribution in [-0.4, -0.2) is 18.1 Å². The fourth-order valence-electron chi connectivity index (χ4n) is 2.30. The van der Waals surface area contributed by atoms with Gasteiger partial charge in [0.2, 0.25) is 0 Å². The van der Waals surface area contributed by atoms with E-state index in [1.807, 2.05) is 42.5 Å². The van der Waals surface area contributed by atoms with Gasteiger partial charge in [-0.2, -0.15) is 0 Å². The summed E-state index contributed by atoms with van der Waals surface area (Å²) < 4.78 is 11.1. The summed E-state index contributed by atoms with van der Waals surface area (Å²) in [6, 6.07) is 20.2. The summed E-state index contributed by atoms with van der Waals surface area (Å²) in [5.41, 5.74) is -0.0433. The Morgan fingerprint density at radius 2 is 1.52 bits per heavy atom. The lowest BCUT2D eigenvalue weighted by atomic mass is 10.1. The van der Waals surface area contributed by atoms with E-state index in [9.17, 15) is 10.1 Å². The molecule has 0 aliphatic heterocycles. The van der Waals surface area contributed by atoms with Crippen molar-refractivity contribution in [3.8, 4) is 11.5 Å². The van der Waals surface area contributed by atoms with Gasteiger partial charge in [0.25, 0.3) is 0 Å². The van der Waals surface area contributed by atoms with E-state index in [0.29, 0.717) is 6.61 Å². The second-order valence-electron chi connectivity index (χ2n) is 4.93. The van der Waals surface area contributed by atoms with E-state index < -0.39 is 4.92 Å². The van der Waals surface area contributed by atoms with E-state index in [-0.39, 0.29) is 18.0 Å². The average Bonchev–Trinajstić information content (AvgIpc) is 2.59. The van der Waals surface area contributed by atoms with Gasteiger partial charge in [-0.05, 0) is 29.0 Å². The van der Waals surface area contributed by atoms with Crippen molar-refractivity contribution >= 4 is 16.5 Å². The van der Waals surface area contributed by atoms with Crippen molar-refractivity contribution in [3.63, 3.8) is 0 Å². The van der Waals surface area contributed by atoms with Crippen LogP contribution in [0.5, 0.6) is 11.5 Å². The van der Waals surface area contributed by atoms with E-state index in [1.165, 1.54) is 6.07 Å². The maximum Gasteiger partial charge on any atom is 0.310 e. The molecule has 3 rings (SSSR count). The molecular formula is C18H15NO4. The maximum atomic E-state index is 10.9. The van der Waals surface area contributed by atoms with Crippen molar-refractivity contribution < 1.29 is 14.4 Å². The van der Waals surface area contributed by atoms with E-state index in [4.69, 9.17) is 9.47 Å². The van der Waals surface area contributed by atoms with Crippen molar-refractivity contribution in [1.82, 2.24) is 0 Å². The highest BCUT2D eigenvalue weighted by Crippen LogP contribution is 2.25. The summed E-state index contributed by atoms with van der Waals surface area (Å²) in [5, 5.41) is 13.1. The first-order valence-corrected chi connectivity index (χ1v) is 7.22. The van der Waals surface area contributed by atoms with Gasteiger partial charge in [0, 0.05) is 6.07 Å². The van der Waals surface area contributed by atoms with Crippen molar-refractivity contribution in [3.05, 3.63) is 76.8 Å².